The van der Waals surface area contributed by atoms with Crippen molar-refractivity contribution >= 4 is 34.4 Å². The number of hydrazine groups is 1. The maximum atomic E-state index is 12.9. The van der Waals surface area contributed by atoms with E-state index in [0.29, 0.717) is 22.0 Å². The number of fused-ring (bicyclic) bond motifs is 1. The van der Waals surface area contributed by atoms with Crippen molar-refractivity contribution in [3.8, 4) is 0 Å². The first kappa shape index (κ1) is 18.7. The first-order valence-electron chi connectivity index (χ1n) is 8.41. The summed E-state index contributed by atoms with van der Waals surface area (Å²) < 4.78 is 0. The van der Waals surface area contributed by atoms with E-state index in [9.17, 15) is 9.59 Å². The Morgan fingerprint density at radius 2 is 1.56 bits per heavy atom. The number of benzene rings is 2. The number of carbonyl (C=O) groups excluding carboxylic acids is 2. The first-order chi connectivity index (χ1) is 13.2. The molecule has 0 aliphatic carbocycles. The highest BCUT2D eigenvalue weighted by Crippen LogP contribution is 2.27. The fourth-order valence-corrected chi connectivity index (χ4v) is 3.42. The van der Waals surface area contributed by atoms with Gasteiger partial charge in [-0.25, -0.2) is 10.0 Å². The van der Waals surface area contributed by atoms with Gasteiger partial charge in [-0.3, -0.25) is 9.59 Å². The largest absolute Gasteiger partial charge is 0.280 e. The van der Waals surface area contributed by atoms with Crippen molar-refractivity contribution < 1.29 is 9.59 Å². The van der Waals surface area contributed by atoms with E-state index in [0.717, 1.165) is 10.7 Å². The molecule has 0 saturated carbocycles. The molecule has 6 heteroatoms. The Morgan fingerprint density at radius 3 is 2.11 bits per heavy atom. The average Bonchev–Trinajstić information content (AvgIpc) is 2.95. The van der Waals surface area contributed by atoms with Gasteiger partial charge in [-0.1, -0.05) is 54.2 Å². The Balaban J connectivity index is 2.03. The number of rotatable bonds is 6. The molecule has 0 N–H and O–H groups in total. The zero-order valence-corrected chi connectivity index (χ0v) is 15.6. The molecule has 0 fully saturated rings. The zero-order valence-electron chi connectivity index (χ0n) is 14.7. The van der Waals surface area contributed by atoms with E-state index in [1.54, 1.807) is 41.4 Å². The van der Waals surface area contributed by atoms with E-state index in [1.807, 2.05) is 30.3 Å². The highest BCUT2D eigenvalue weighted by molar-refractivity contribution is 8.13. The molecule has 0 atom stereocenters. The van der Waals surface area contributed by atoms with Crippen LogP contribution in [0.4, 0.5) is 5.69 Å². The van der Waals surface area contributed by atoms with Gasteiger partial charge in [-0.15, -0.1) is 13.2 Å². The molecule has 0 radical (unpaired) electrons. The Labute approximate surface area is 162 Å². The Bertz CT molecular complexity index is 874. The molecule has 27 heavy (non-hydrogen) atoms. The average molecular weight is 377 g/mol. The smallest absolute Gasteiger partial charge is 0.267 e. The first-order valence-corrected chi connectivity index (χ1v) is 9.39. The monoisotopic (exact) mass is 377 g/mol. The van der Waals surface area contributed by atoms with Gasteiger partial charge in [-0.2, -0.15) is 5.01 Å². The molecule has 0 unspecified atom stereocenters. The highest BCUT2D eigenvalue weighted by atomic mass is 32.2. The van der Waals surface area contributed by atoms with Crippen molar-refractivity contribution in [2.24, 2.45) is 4.99 Å². The van der Waals surface area contributed by atoms with Gasteiger partial charge in [0.1, 0.15) is 0 Å². The summed E-state index contributed by atoms with van der Waals surface area (Å²) in [6.07, 6.45) is 3.39. The lowest BCUT2D eigenvalue weighted by molar-refractivity contribution is 0.0333. The minimum absolute atomic E-state index is 0.265. The van der Waals surface area contributed by atoms with E-state index in [2.05, 4.69) is 18.2 Å². The summed E-state index contributed by atoms with van der Waals surface area (Å²) in [4.78, 5) is 30.5. The van der Waals surface area contributed by atoms with Gasteiger partial charge in [0, 0.05) is 5.75 Å². The number of nitrogens with zero attached hydrogens (tertiary/aromatic N) is 3. The Kier molecular flexibility index (Phi) is 5.88. The Morgan fingerprint density at radius 1 is 0.963 bits per heavy atom. The number of amides is 2. The molecule has 1 aliphatic rings. The maximum Gasteiger partial charge on any atom is 0.280 e. The molecule has 3 rings (SSSR count). The second kappa shape index (κ2) is 8.51. The van der Waals surface area contributed by atoms with Gasteiger partial charge in [0.2, 0.25) is 0 Å². The molecule has 0 spiro atoms. The van der Waals surface area contributed by atoms with Crippen LogP contribution < -0.4 is 0 Å². The SMILES string of the molecule is C=CCSC(=Nc1ccccc1)N(CC=C)N1C(=O)c2ccccc2C1=O. The lowest BCUT2D eigenvalue weighted by atomic mass is 10.1. The van der Waals surface area contributed by atoms with Gasteiger partial charge in [0.05, 0.1) is 23.4 Å². The molecule has 0 aromatic heterocycles. The standard InChI is InChI=1S/C21H19N3O2S/c1-3-14-23(21(27-15-4-2)22-16-10-6-5-7-11-16)24-19(25)17-12-8-9-13-18(17)20(24)26/h3-13H,1-2,14-15H2. The van der Waals surface area contributed by atoms with Crippen LogP contribution in [-0.4, -0.2) is 39.3 Å². The number of para-hydroxylation sites is 1. The van der Waals surface area contributed by atoms with Gasteiger partial charge in [0.25, 0.3) is 11.8 Å². The van der Waals surface area contributed by atoms with Crippen LogP contribution >= 0.6 is 11.8 Å². The molecule has 1 heterocycles. The number of carbonyl (C=O) groups is 2. The van der Waals surface area contributed by atoms with E-state index < -0.39 is 0 Å². The van der Waals surface area contributed by atoms with E-state index >= 15 is 0 Å². The summed E-state index contributed by atoms with van der Waals surface area (Å²) in [7, 11) is 0. The molecular weight excluding hydrogens is 358 g/mol. The third kappa shape index (κ3) is 3.85. The number of hydrogen-bond acceptors (Lipinski definition) is 4. The molecule has 0 saturated heterocycles. The normalized spacial score (nSPS) is 13.5. The number of amidine groups is 1. The van der Waals surface area contributed by atoms with Crippen LogP contribution in [-0.2, 0) is 0 Å². The molecule has 5 nitrogen and oxygen atoms in total. The molecule has 2 amide bonds. The molecule has 1 aliphatic heterocycles. The third-order valence-electron chi connectivity index (χ3n) is 3.85. The van der Waals surface area contributed by atoms with Crippen molar-refractivity contribution in [3.05, 3.63) is 91.0 Å². The second-order valence-corrected chi connectivity index (χ2v) is 6.66. The summed E-state index contributed by atoms with van der Waals surface area (Å²) in [5.74, 6) is -0.141. The van der Waals surface area contributed by atoms with Crippen LogP contribution in [0.3, 0.4) is 0 Å². The summed E-state index contributed by atoms with van der Waals surface area (Å²) in [5, 5.41) is 3.23. The zero-order chi connectivity index (χ0) is 19.2. The van der Waals surface area contributed by atoms with Crippen LogP contribution in [0.5, 0.6) is 0 Å². The maximum absolute atomic E-state index is 12.9. The predicted octanol–water partition coefficient (Wildman–Crippen LogP) is 4.29. The second-order valence-electron chi connectivity index (χ2n) is 5.67. The van der Waals surface area contributed by atoms with Gasteiger partial charge >= 0.3 is 0 Å². The van der Waals surface area contributed by atoms with Gasteiger partial charge in [0.15, 0.2) is 5.17 Å². The lowest BCUT2D eigenvalue weighted by Gasteiger charge is -2.31. The van der Waals surface area contributed by atoms with Gasteiger partial charge in [-0.05, 0) is 24.3 Å². The molecule has 2 aromatic rings. The lowest BCUT2D eigenvalue weighted by Crippen LogP contribution is -2.48. The minimum atomic E-state index is -0.364. The highest BCUT2D eigenvalue weighted by Gasteiger charge is 2.40. The number of aliphatic imine (C=N–C) groups is 1. The van der Waals surface area contributed by atoms with Gasteiger partial charge < -0.3 is 0 Å². The minimum Gasteiger partial charge on any atom is -0.267 e. The summed E-state index contributed by atoms with van der Waals surface area (Å²) in [6.45, 7) is 7.77. The van der Waals surface area contributed by atoms with Crippen molar-refractivity contribution in [1.29, 1.82) is 0 Å². The molecule has 0 bridgehead atoms. The predicted molar refractivity (Wildman–Crippen MR) is 110 cm³/mol. The van der Waals surface area contributed by atoms with Crippen molar-refractivity contribution in [2.45, 2.75) is 0 Å². The van der Waals surface area contributed by atoms with E-state index in [4.69, 9.17) is 0 Å². The van der Waals surface area contributed by atoms with E-state index in [-0.39, 0.29) is 18.4 Å². The number of thioether (sulfide) groups is 1. The topological polar surface area (TPSA) is 53.0 Å². The summed E-state index contributed by atoms with van der Waals surface area (Å²) >= 11 is 1.40. The van der Waals surface area contributed by atoms with Crippen LogP contribution in [0.25, 0.3) is 0 Å². The van der Waals surface area contributed by atoms with Crippen molar-refractivity contribution in [1.82, 2.24) is 10.0 Å². The summed E-state index contributed by atoms with van der Waals surface area (Å²) in [6, 6.07) is 16.2. The Hall–Kier alpha value is -3.12. The van der Waals surface area contributed by atoms with Crippen LogP contribution in [0, 0.1) is 0 Å². The molecule has 136 valence electrons. The third-order valence-corrected chi connectivity index (χ3v) is 4.81. The number of hydrogen-bond donors (Lipinski definition) is 0. The van der Waals surface area contributed by atoms with Crippen molar-refractivity contribution in [3.63, 3.8) is 0 Å². The molecular formula is C21H19N3O2S. The fraction of sp³-hybridized carbons (Fsp3) is 0.0952. The van der Waals surface area contributed by atoms with Crippen molar-refractivity contribution in [2.75, 3.05) is 12.3 Å². The van der Waals surface area contributed by atoms with Crippen LogP contribution in [0.2, 0.25) is 0 Å². The fourth-order valence-electron chi connectivity index (χ4n) is 2.67. The van der Waals surface area contributed by atoms with Crippen LogP contribution in [0.15, 0.2) is 84.9 Å². The summed E-state index contributed by atoms with van der Waals surface area (Å²) in [5.41, 5.74) is 1.52. The number of imide groups is 1. The van der Waals surface area contributed by atoms with Crippen LogP contribution in [0.1, 0.15) is 20.7 Å². The van der Waals surface area contributed by atoms with E-state index in [1.165, 1.54) is 11.8 Å². The quantitative estimate of drug-likeness (QED) is 0.326. The molecule has 2 aromatic carbocycles.